The fraction of sp³-hybridized carbons (Fsp3) is 0.414. The molecule has 0 aliphatic carbocycles. The molecule has 0 spiro atoms. The molecule has 6 N–H and O–H groups in total. The van der Waals surface area contributed by atoms with Crippen LogP contribution in [0.5, 0.6) is 0 Å². The molecule has 0 unspecified atom stereocenters. The number of carbonyl (C=O) groups excluding carboxylic acids is 3. The summed E-state index contributed by atoms with van der Waals surface area (Å²) in [6, 6.07) is 13.6. The van der Waals surface area contributed by atoms with Gasteiger partial charge >= 0.3 is 0 Å². The molecule has 1 fully saturated rings. The first-order valence-electron chi connectivity index (χ1n) is 14.2. The number of amides is 2. The van der Waals surface area contributed by atoms with Crippen LogP contribution >= 0.6 is 11.3 Å². The first-order chi connectivity index (χ1) is 20.6. The Morgan fingerprint density at radius 1 is 1.09 bits per heavy atom. The van der Waals surface area contributed by atoms with Gasteiger partial charge in [-0.2, -0.15) is 0 Å². The third kappa shape index (κ3) is 8.58. The number of carbonyl (C=O) groups is 3. The Labute approximate surface area is 255 Å². The van der Waals surface area contributed by atoms with Gasteiger partial charge in [0.05, 0.1) is 22.0 Å². The second-order valence-corrected chi connectivity index (χ2v) is 13.4. The van der Waals surface area contributed by atoms with Gasteiger partial charge in [-0.3, -0.25) is 19.4 Å². The molecule has 2 heterocycles. The number of nitrogens with zero attached hydrogens (tertiary/aromatic N) is 3. The maximum atomic E-state index is 13.8. The van der Waals surface area contributed by atoms with Crippen LogP contribution in [0.1, 0.15) is 48.0 Å². The number of nitrogens with two attached hydrogens (primary N) is 2. The molecule has 2 amide bonds. The molecule has 0 bridgehead atoms. The van der Waals surface area contributed by atoms with Crippen LogP contribution in [0.15, 0.2) is 59.6 Å². The highest BCUT2D eigenvalue weighted by molar-refractivity contribution is 7.89. The minimum absolute atomic E-state index is 0.0676. The topological polar surface area (TPSA) is 190 Å². The lowest BCUT2D eigenvalue weighted by molar-refractivity contribution is -0.139. The number of likely N-dealkylation sites (tertiary alicyclic amines) is 1. The molecule has 1 saturated heterocycles. The van der Waals surface area contributed by atoms with Crippen molar-refractivity contribution >= 4 is 55.1 Å². The molecule has 3 aromatic rings. The highest BCUT2D eigenvalue weighted by atomic mass is 32.2. The molecule has 0 radical (unpaired) electrons. The number of benzene rings is 2. The van der Waals surface area contributed by atoms with Crippen molar-refractivity contribution in [3.8, 4) is 0 Å². The number of para-hydroxylation sites is 1. The number of nitrogens with one attached hydrogen (secondary N) is 2. The minimum atomic E-state index is -3.72. The Bertz CT molecular complexity index is 1540. The van der Waals surface area contributed by atoms with E-state index in [1.165, 1.54) is 23.2 Å². The zero-order valence-electron chi connectivity index (χ0n) is 23.9. The van der Waals surface area contributed by atoms with Crippen molar-refractivity contribution < 1.29 is 22.8 Å². The molecule has 0 saturated carbocycles. The van der Waals surface area contributed by atoms with Crippen LogP contribution in [0, 0.1) is 0 Å². The summed E-state index contributed by atoms with van der Waals surface area (Å²) in [7, 11) is -3.72. The molecule has 1 aromatic heterocycles. The summed E-state index contributed by atoms with van der Waals surface area (Å²) in [6.45, 7) is 2.06. The Morgan fingerprint density at radius 3 is 2.51 bits per heavy atom. The van der Waals surface area contributed by atoms with Crippen LogP contribution in [-0.4, -0.2) is 78.8 Å². The molecular weight excluding hydrogens is 590 g/mol. The fourth-order valence-electron chi connectivity index (χ4n) is 5.00. The number of rotatable bonds is 14. The van der Waals surface area contributed by atoms with Crippen molar-refractivity contribution in [1.82, 2.24) is 19.9 Å². The molecule has 3 atom stereocenters. The monoisotopic (exact) mass is 627 g/mol. The minimum Gasteiger partial charge on any atom is -0.370 e. The second-order valence-electron chi connectivity index (χ2n) is 10.3. The zero-order valence-corrected chi connectivity index (χ0v) is 25.6. The number of aliphatic imine (C=N–C) groups is 1. The van der Waals surface area contributed by atoms with Gasteiger partial charge in [0, 0.05) is 13.1 Å². The average Bonchev–Trinajstić information content (AvgIpc) is 3.66. The van der Waals surface area contributed by atoms with Gasteiger partial charge in [-0.25, -0.2) is 18.1 Å². The van der Waals surface area contributed by atoms with E-state index in [-0.39, 0.29) is 48.4 Å². The largest absolute Gasteiger partial charge is 0.370 e. The van der Waals surface area contributed by atoms with Crippen LogP contribution in [-0.2, 0) is 26.0 Å². The Kier molecular flexibility index (Phi) is 10.8. The zero-order chi connectivity index (χ0) is 31.0. The van der Waals surface area contributed by atoms with E-state index in [2.05, 4.69) is 20.0 Å². The number of sulfonamides is 1. The van der Waals surface area contributed by atoms with Gasteiger partial charge in [-0.05, 0) is 56.7 Å². The van der Waals surface area contributed by atoms with E-state index in [1.54, 1.807) is 0 Å². The lowest BCUT2D eigenvalue weighted by Gasteiger charge is -2.29. The Hall–Kier alpha value is -3.88. The van der Waals surface area contributed by atoms with Crippen LogP contribution in [0.25, 0.3) is 10.2 Å². The number of hydrogen-bond donors (Lipinski definition) is 4. The summed E-state index contributed by atoms with van der Waals surface area (Å²) in [5, 5.41) is 3.13. The third-order valence-corrected chi connectivity index (χ3v) is 9.66. The van der Waals surface area contributed by atoms with Gasteiger partial charge in [-0.15, -0.1) is 11.3 Å². The summed E-state index contributed by atoms with van der Waals surface area (Å²) in [5.74, 6) is -1.57. The molecule has 12 nitrogen and oxygen atoms in total. The van der Waals surface area contributed by atoms with Crippen LogP contribution in [0.2, 0.25) is 0 Å². The highest BCUT2D eigenvalue weighted by Gasteiger charge is 2.39. The van der Waals surface area contributed by atoms with Crippen molar-refractivity contribution in [3.63, 3.8) is 0 Å². The summed E-state index contributed by atoms with van der Waals surface area (Å²) in [5.41, 5.74) is 12.3. The molecular formula is C29H37N7O5S2. The predicted molar refractivity (Wildman–Crippen MR) is 167 cm³/mol. The van der Waals surface area contributed by atoms with E-state index in [1.807, 2.05) is 54.6 Å². The van der Waals surface area contributed by atoms with Gasteiger partial charge in [0.2, 0.25) is 27.6 Å². The summed E-state index contributed by atoms with van der Waals surface area (Å²) < 4.78 is 28.4. The van der Waals surface area contributed by atoms with Gasteiger partial charge in [0.1, 0.15) is 12.1 Å². The number of hydrogen-bond acceptors (Lipinski definition) is 8. The number of ketones is 1. The van der Waals surface area contributed by atoms with E-state index in [0.29, 0.717) is 24.8 Å². The molecule has 1 aliphatic heterocycles. The molecule has 230 valence electrons. The number of Topliss-reactive ketones (excluding diaryl/α,β-unsaturated/α-hetero) is 1. The van der Waals surface area contributed by atoms with Gasteiger partial charge in [0.25, 0.3) is 0 Å². The van der Waals surface area contributed by atoms with Crippen molar-refractivity contribution in [3.05, 3.63) is 65.2 Å². The van der Waals surface area contributed by atoms with E-state index in [0.717, 1.165) is 10.3 Å². The molecule has 4 rings (SSSR count). The number of thiazole rings is 1. The highest BCUT2D eigenvalue weighted by Crippen LogP contribution is 2.24. The van der Waals surface area contributed by atoms with E-state index >= 15 is 0 Å². The van der Waals surface area contributed by atoms with Crippen LogP contribution in [0.4, 0.5) is 0 Å². The molecule has 14 heteroatoms. The molecule has 1 aliphatic rings. The molecule has 43 heavy (non-hydrogen) atoms. The lowest BCUT2D eigenvalue weighted by Crippen LogP contribution is -2.56. The van der Waals surface area contributed by atoms with Gasteiger partial charge in [0.15, 0.2) is 11.0 Å². The van der Waals surface area contributed by atoms with E-state index in [4.69, 9.17) is 11.5 Å². The SMILES string of the molecule is CCS(=O)(=O)N[C@H](Cc1ccccc1)C(=O)N1CCC[C@H]1C(=O)N[C@@H](CCCN=C(N)N)C(=O)c1nc2ccccc2s1. The number of aromatic nitrogens is 1. The normalized spacial score (nSPS) is 16.5. The lowest BCUT2D eigenvalue weighted by atomic mass is 10.0. The maximum Gasteiger partial charge on any atom is 0.243 e. The summed E-state index contributed by atoms with van der Waals surface area (Å²) >= 11 is 1.25. The number of guanidine groups is 1. The standard InChI is InChI=1S/C29H37N7O5S2/c1-2-43(40,41)35-22(18-19-10-4-3-5-11-19)28(39)36-17-9-14-23(36)26(38)33-21(13-8-16-32-29(30)31)25(37)27-34-20-12-6-7-15-24(20)42-27/h3-7,10-12,15,21-23,35H,2,8-9,13-14,16-18H2,1H3,(H,33,38)(H4,30,31,32)/t21-,22+,23-/m0/s1. The third-order valence-electron chi connectivity index (χ3n) is 7.20. The number of fused-ring (bicyclic) bond motifs is 1. The molecule has 2 aromatic carbocycles. The van der Waals surface area contributed by atoms with Crippen LogP contribution < -0.4 is 21.5 Å². The van der Waals surface area contributed by atoms with Crippen LogP contribution in [0.3, 0.4) is 0 Å². The summed E-state index contributed by atoms with van der Waals surface area (Å²) in [6.07, 6.45) is 1.75. The Balaban J connectivity index is 1.53. The van der Waals surface area contributed by atoms with Crippen molar-refractivity contribution in [1.29, 1.82) is 0 Å². The Morgan fingerprint density at radius 2 is 1.81 bits per heavy atom. The quantitative estimate of drug-likeness (QED) is 0.0896. The van der Waals surface area contributed by atoms with E-state index < -0.39 is 40.0 Å². The fourth-order valence-corrected chi connectivity index (χ4v) is 6.74. The van der Waals surface area contributed by atoms with Gasteiger partial charge < -0.3 is 21.7 Å². The van der Waals surface area contributed by atoms with Gasteiger partial charge in [-0.1, -0.05) is 42.5 Å². The first-order valence-corrected chi connectivity index (χ1v) is 16.6. The van der Waals surface area contributed by atoms with Crippen molar-refractivity contribution in [2.45, 2.75) is 57.2 Å². The predicted octanol–water partition coefficient (Wildman–Crippen LogP) is 1.56. The van der Waals surface area contributed by atoms with E-state index in [9.17, 15) is 22.8 Å². The second kappa shape index (κ2) is 14.5. The summed E-state index contributed by atoms with van der Waals surface area (Å²) in [4.78, 5) is 50.9. The maximum absolute atomic E-state index is 13.8. The van der Waals surface area contributed by atoms with Crippen molar-refractivity contribution in [2.75, 3.05) is 18.8 Å². The average molecular weight is 628 g/mol. The van der Waals surface area contributed by atoms with Crippen molar-refractivity contribution in [2.24, 2.45) is 16.5 Å². The smallest absolute Gasteiger partial charge is 0.243 e. The first kappa shape index (κ1) is 32.0.